The summed E-state index contributed by atoms with van der Waals surface area (Å²) in [6.45, 7) is 3.15. The van der Waals surface area contributed by atoms with Crippen LogP contribution in [0.2, 0.25) is 0 Å². The molecule has 2 atom stereocenters. The summed E-state index contributed by atoms with van der Waals surface area (Å²) in [7, 11) is 0. The van der Waals surface area contributed by atoms with E-state index in [2.05, 4.69) is 42.5 Å². The normalized spacial score (nSPS) is 21.6. The van der Waals surface area contributed by atoms with Gasteiger partial charge in [-0.25, -0.2) is 0 Å². The van der Waals surface area contributed by atoms with Crippen LogP contribution in [0.4, 0.5) is 0 Å². The molecule has 0 amide bonds. The van der Waals surface area contributed by atoms with Crippen molar-refractivity contribution >= 4 is 5.97 Å². The summed E-state index contributed by atoms with van der Waals surface area (Å²) in [6, 6.07) is 20.7. The van der Waals surface area contributed by atoms with Crippen molar-refractivity contribution < 1.29 is 24.0 Å². The molecule has 0 radical (unpaired) electrons. The average Bonchev–Trinajstić information content (AvgIpc) is 3.43. The molecule has 7 rings (SSSR count). The van der Waals surface area contributed by atoms with Gasteiger partial charge >= 0.3 is 11.9 Å². The second-order valence-corrected chi connectivity index (χ2v) is 7.80. The minimum absolute atomic E-state index is 0.0501. The first-order valence-corrected chi connectivity index (χ1v) is 9.63. The van der Waals surface area contributed by atoms with Gasteiger partial charge in [0, 0.05) is 25.7 Å². The highest BCUT2D eigenvalue weighted by molar-refractivity contribution is 5.72. The van der Waals surface area contributed by atoms with E-state index in [4.69, 9.17) is 19.2 Å². The maximum Gasteiger partial charge on any atom is 0.378 e. The zero-order valence-corrected chi connectivity index (χ0v) is 16.0. The Hall–Kier alpha value is -3.15. The Morgan fingerprint density at radius 1 is 0.793 bits per heavy atom. The van der Waals surface area contributed by atoms with E-state index in [0.717, 1.165) is 0 Å². The molecule has 1 fully saturated rings. The van der Waals surface area contributed by atoms with E-state index in [0.29, 0.717) is 11.5 Å². The number of carbonyl (C=O) groups excluding carboxylic acids is 1. The number of hydrogen-bond acceptors (Lipinski definition) is 5. The molecular formula is C24H18O5. The van der Waals surface area contributed by atoms with Crippen LogP contribution in [0.1, 0.15) is 59.1 Å². The summed E-state index contributed by atoms with van der Waals surface area (Å²) < 4.78 is 11.2. The molecule has 1 heterocycles. The number of benzene rings is 3. The lowest BCUT2D eigenvalue weighted by molar-refractivity contribution is -0.131. The van der Waals surface area contributed by atoms with Crippen LogP contribution in [0.3, 0.4) is 0 Å². The van der Waals surface area contributed by atoms with Crippen LogP contribution < -0.4 is 9.47 Å². The molecule has 29 heavy (non-hydrogen) atoms. The molecule has 3 aromatic rings. The monoisotopic (exact) mass is 386 g/mol. The lowest BCUT2D eigenvalue weighted by Gasteiger charge is -2.42. The van der Waals surface area contributed by atoms with Crippen molar-refractivity contribution in [2.45, 2.75) is 31.7 Å². The van der Waals surface area contributed by atoms with Gasteiger partial charge in [0.05, 0.1) is 0 Å². The molecule has 4 aliphatic rings. The summed E-state index contributed by atoms with van der Waals surface area (Å²) in [5.74, 6) is 0.147. The van der Waals surface area contributed by atoms with Gasteiger partial charge in [-0.2, -0.15) is 9.78 Å². The van der Waals surface area contributed by atoms with Gasteiger partial charge in [0.25, 0.3) is 0 Å². The lowest BCUT2D eigenvalue weighted by atomic mass is 9.61. The second kappa shape index (κ2) is 5.69. The third-order valence-electron chi connectivity index (χ3n) is 5.86. The maximum absolute atomic E-state index is 11.5. The van der Waals surface area contributed by atoms with Gasteiger partial charge in [0.2, 0.25) is 0 Å². The molecule has 0 spiro atoms. The minimum Gasteiger partial charge on any atom is -0.436 e. The van der Waals surface area contributed by atoms with Crippen molar-refractivity contribution in [3.8, 4) is 11.5 Å². The largest absolute Gasteiger partial charge is 0.436 e. The van der Waals surface area contributed by atoms with Gasteiger partial charge in [-0.05, 0) is 57.6 Å². The Morgan fingerprint density at radius 3 is 1.90 bits per heavy atom. The van der Waals surface area contributed by atoms with Crippen LogP contribution >= 0.6 is 0 Å². The molecule has 1 saturated heterocycles. The van der Waals surface area contributed by atoms with Crippen molar-refractivity contribution in [1.29, 1.82) is 0 Å². The third-order valence-corrected chi connectivity index (χ3v) is 5.86. The standard InChI is InChI=1S/C24H18O5/c1-13(25)26-14-7-9-18-20(11-14)23-17-6-4-3-5-16(17)22(18)19-10-8-15(12-21(19)23)27-24(2)28-29-24/h3-12,22-23H,1-2H3/t22-,23+/m1/s1. The minimum atomic E-state index is -1.000. The molecule has 5 nitrogen and oxygen atoms in total. The summed E-state index contributed by atoms with van der Waals surface area (Å²) in [5, 5.41) is 0. The zero-order valence-electron chi connectivity index (χ0n) is 16.0. The van der Waals surface area contributed by atoms with Crippen LogP contribution in [0.5, 0.6) is 11.5 Å². The van der Waals surface area contributed by atoms with Crippen molar-refractivity contribution in [1.82, 2.24) is 0 Å². The van der Waals surface area contributed by atoms with E-state index in [-0.39, 0.29) is 17.8 Å². The van der Waals surface area contributed by atoms with Gasteiger partial charge in [-0.1, -0.05) is 36.4 Å². The van der Waals surface area contributed by atoms with E-state index in [9.17, 15) is 4.79 Å². The molecule has 0 aromatic heterocycles. The Kier molecular flexibility index (Phi) is 3.29. The molecule has 0 N–H and O–H groups in total. The zero-order chi connectivity index (χ0) is 19.8. The summed E-state index contributed by atoms with van der Waals surface area (Å²) in [5.41, 5.74) is 7.50. The van der Waals surface area contributed by atoms with Gasteiger partial charge < -0.3 is 9.47 Å². The first kappa shape index (κ1) is 16.8. The van der Waals surface area contributed by atoms with Gasteiger partial charge in [-0.15, -0.1) is 0 Å². The summed E-state index contributed by atoms with van der Waals surface area (Å²) in [4.78, 5) is 21.3. The molecule has 0 saturated carbocycles. The van der Waals surface area contributed by atoms with E-state index in [1.165, 1.54) is 40.3 Å². The SMILES string of the molecule is CC(=O)Oc1ccc2c(c1)[C@@H]1c3ccccc3[C@H]2c2ccc(OC3(C)OO3)cc21. The molecule has 1 aliphatic heterocycles. The molecule has 0 unspecified atom stereocenters. The van der Waals surface area contributed by atoms with Crippen molar-refractivity contribution in [3.05, 3.63) is 94.0 Å². The topological polar surface area (TPSA) is 60.6 Å². The molecule has 2 bridgehead atoms. The predicted octanol–water partition coefficient (Wildman–Crippen LogP) is 4.61. The Bertz CT molecular complexity index is 1180. The highest BCUT2D eigenvalue weighted by Gasteiger charge is 2.48. The van der Waals surface area contributed by atoms with Crippen LogP contribution in [0.25, 0.3) is 0 Å². The number of hydrogen-bond donors (Lipinski definition) is 0. The number of esters is 1. The predicted molar refractivity (Wildman–Crippen MR) is 104 cm³/mol. The molecule has 144 valence electrons. The van der Waals surface area contributed by atoms with Crippen molar-refractivity contribution in [2.24, 2.45) is 0 Å². The smallest absolute Gasteiger partial charge is 0.378 e. The van der Waals surface area contributed by atoms with E-state index >= 15 is 0 Å². The van der Waals surface area contributed by atoms with Crippen LogP contribution in [-0.4, -0.2) is 11.9 Å². The molecule has 3 aromatic carbocycles. The van der Waals surface area contributed by atoms with E-state index in [1.54, 1.807) is 6.92 Å². The fourth-order valence-electron chi connectivity index (χ4n) is 4.77. The quantitative estimate of drug-likeness (QED) is 0.196. The summed E-state index contributed by atoms with van der Waals surface area (Å²) >= 11 is 0. The molecular weight excluding hydrogens is 368 g/mol. The average molecular weight is 386 g/mol. The third kappa shape index (κ3) is 2.51. The maximum atomic E-state index is 11.5. The van der Waals surface area contributed by atoms with Crippen LogP contribution in [-0.2, 0) is 14.6 Å². The highest BCUT2D eigenvalue weighted by atomic mass is 17.4. The Balaban J connectivity index is 1.53. The lowest BCUT2D eigenvalue weighted by Crippen LogP contribution is -2.27. The Labute approximate surface area is 167 Å². The van der Waals surface area contributed by atoms with Crippen LogP contribution in [0.15, 0.2) is 60.7 Å². The summed E-state index contributed by atoms with van der Waals surface area (Å²) in [6.07, 6.45) is 0. The fourth-order valence-corrected chi connectivity index (χ4v) is 4.77. The number of ether oxygens (including phenoxy) is 2. The van der Waals surface area contributed by atoms with Crippen LogP contribution in [0, 0.1) is 0 Å². The molecule has 3 aliphatic carbocycles. The van der Waals surface area contributed by atoms with E-state index in [1.807, 2.05) is 18.2 Å². The number of rotatable bonds is 3. The van der Waals surface area contributed by atoms with Gasteiger partial charge in [-0.3, -0.25) is 4.79 Å². The highest BCUT2D eigenvalue weighted by Crippen LogP contribution is 2.56. The Morgan fingerprint density at radius 2 is 1.31 bits per heavy atom. The number of carbonyl (C=O) groups is 1. The van der Waals surface area contributed by atoms with Crippen molar-refractivity contribution in [3.63, 3.8) is 0 Å². The fraction of sp³-hybridized carbons (Fsp3) is 0.208. The first-order valence-electron chi connectivity index (χ1n) is 9.63. The van der Waals surface area contributed by atoms with Gasteiger partial charge in [0.15, 0.2) is 0 Å². The molecule has 5 heteroatoms. The van der Waals surface area contributed by atoms with E-state index < -0.39 is 5.97 Å². The van der Waals surface area contributed by atoms with Crippen molar-refractivity contribution in [2.75, 3.05) is 0 Å². The second-order valence-electron chi connectivity index (χ2n) is 7.80. The first-order chi connectivity index (χ1) is 14.0. The van der Waals surface area contributed by atoms with Gasteiger partial charge in [0.1, 0.15) is 11.5 Å².